The molecule has 8 heteroatoms. The van der Waals surface area contributed by atoms with Crippen LogP contribution in [0.1, 0.15) is 32.6 Å². The van der Waals surface area contributed by atoms with E-state index in [1.807, 2.05) is 4.90 Å². The highest BCUT2D eigenvalue weighted by Crippen LogP contribution is 2.25. The zero-order chi connectivity index (χ0) is 18.7. The summed E-state index contributed by atoms with van der Waals surface area (Å²) in [6.45, 7) is 4.22. The molecule has 2 fully saturated rings. The highest BCUT2D eigenvalue weighted by atomic mass is 35.5. The zero-order valence-corrected chi connectivity index (χ0v) is 16.9. The molecule has 2 heterocycles. The van der Waals surface area contributed by atoms with Crippen molar-refractivity contribution < 1.29 is 14.0 Å². The van der Waals surface area contributed by atoms with Gasteiger partial charge in [0.05, 0.1) is 5.02 Å². The van der Waals surface area contributed by atoms with Crippen molar-refractivity contribution in [2.45, 2.75) is 38.6 Å². The van der Waals surface area contributed by atoms with Crippen molar-refractivity contribution >= 4 is 41.5 Å². The predicted octanol–water partition coefficient (Wildman–Crippen LogP) is 3.47. The Morgan fingerprint density at radius 3 is 2.56 bits per heavy atom. The highest BCUT2D eigenvalue weighted by Gasteiger charge is 2.32. The molecule has 2 saturated heterocycles. The van der Waals surface area contributed by atoms with E-state index < -0.39 is 5.82 Å². The van der Waals surface area contributed by atoms with Gasteiger partial charge in [-0.1, -0.05) is 11.6 Å². The fraction of sp³-hybridized carbons (Fsp3) is 0.579. The van der Waals surface area contributed by atoms with Crippen LogP contribution < -0.4 is 10.6 Å². The first kappa shape index (κ1) is 21.9. The summed E-state index contributed by atoms with van der Waals surface area (Å²) in [5.74, 6) is -0.436. The number of nitrogens with zero attached hydrogens (tertiary/aromatic N) is 1. The first-order valence-corrected chi connectivity index (χ1v) is 9.60. The predicted molar refractivity (Wildman–Crippen MR) is 107 cm³/mol. The summed E-state index contributed by atoms with van der Waals surface area (Å²) in [6.07, 6.45) is 3.06. The molecule has 2 N–H and O–H groups in total. The second kappa shape index (κ2) is 9.71. The second-order valence-corrected chi connectivity index (χ2v) is 7.70. The summed E-state index contributed by atoms with van der Waals surface area (Å²) in [4.78, 5) is 27.0. The molecule has 0 bridgehead atoms. The van der Waals surface area contributed by atoms with Crippen LogP contribution in [0.2, 0.25) is 5.02 Å². The van der Waals surface area contributed by atoms with Gasteiger partial charge in [0.15, 0.2) is 0 Å². The van der Waals surface area contributed by atoms with Crippen molar-refractivity contribution in [3.05, 3.63) is 29.0 Å². The Bertz CT molecular complexity index is 681. The number of nitrogens with one attached hydrogen (secondary N) is 2. The van der Waals surface area contributed by atoms with E-state index in [0.29, 0.717) is 37.7 Å². The quantitative estimate of drug-likeness (QED) is 0.791. The van der Waals surface area contributed by atoms with Gasteiger partial charge in [-0.3, -0.25) is 9.59 Å². The number of benzene rings is 1. The van der Waals surface area contributed by atoms with Crippen molar-refractivity contribution in [2.24, 2.45) is 11.8 Å². The molecule has 1 aromatic rings. The summed E-state index contributed by atoms with van der Waals surface area (Å²) in [5, 5.41) is 6.14. The van der Waals surface area contributed by atoms with Gasteiger partial charge in [-0.2, -0.15) is 0 Å². The Morgan fingerprint density at radius 2 is 1.93 bits per heavy atom. The highest BCUT2D eigenvalue weighted by molar-refractivity contribution is 6.31. The number of carbonyl (C=O) groups is 2. The molecule has 2 amide bonds. The summed E-state index contributed by atoms with van der Waals surface area (Å²) in [7, 11) is 0. The molecule has 2 aliphatic rings. The van der Waals surface area contributed by atoms with E-state index in [0.717, 1.165) is 19.4 Å². The smallest absolute Gasteiger partial charge is 0.227 e. The fourth-order valence-electron chi connectivity index (χ4n) is 3.79. The zero-order valence-electron chi connectivity index (χ0n) is 15.3. The summed E-state index contributed by atoms with van der Waals surface area (Å²) >= 11 is 5.75. The SMILES string of the molecule is C[C@H]1C[C@@H](C(=O)N2CCC(C(=O)Nc3ccc(F)c(Cl)c3)CC2)CCN1.Cl. The Hall–Kier alpha value is -1.37. The minimum Gasteiger partial charge on any atom is -0.342 e. The van der Waals surface area contributed by atoms with Crippen LogP contribution in [0.4, 0.5) is 10.1 Å². The lowest BCUT2D eigenvalue weighted by atomic mass is 9.90. The Kier molecular flexibility index (Phi) is 7.89. The first-order chi connectivity index (χ1) is 12.4. The molecule has 0 unspecified atom stereocenters. The van der Waals surface area contributed by atoms with Gasteiger partial charge in [0, 0.05) is 36.7 Å². The summed E-state index contributed by atoms with van der Waals surface area (Å²) < 4.78 is 13.2. The number of amides is 2. The van der Waals surface area contributed by atoms with Gasteiger partial charge in [-0.05, 0) is 57.4 Å². The van der Waals surface area contributed by atoms with Gasteiger partial charge < -0.3 is 15.5 Å². The van der Waals surface area contributed by atoms with Gasteiger partial charge in [0.2, 0.25) is 11.8 Å². The molecular formula is C19H26Cl2FN3O2. The molecular weight excluding hydrogens is 392 g/mol. The number of carbonyl (C=O) groups excluding carboxylic acids is 2. The Labute approximate surface area is 170 Å². The molecule has 1 aromatic carbocycles. The Morgan fingerprint density at radius 1 is 1.22 bits per heavy atom. The third-order valence-electron chi connectivity index (χ3n) is 5.34. The van der Waals surface area contributed by atoms with E-state index in [-0.39, 0.29) is 41.1 Å². The monoisotopic (exact) mass is 417 g/mol. The maximum absolute atomic E-state index is 13.2. The van der Waals surface area contributed by atoms with E-state index in [1.165, 1.54) is 18.2 Å². The lowest BCUT2D eigenvalue weighted by Gasteiger charge is -2.36. The van der Waals surface area contributed by atoms with E-state index in [1.54, 1.807) is 0 Å². The van der Waals surface area contributed by atoms with E-state index in [9.17, 15) is 14.0 Å². The normalized spacial score (nSPS) is 23.4. The minimum atomic E-state index is -0.510. The van der Waals surface area contributed by atoms with Gasteiger partial charge in [0.25, 0.3) is 0 Å². The van der Waals surface area contributed by atoms with Gasteiger partial charge in [0.1, 0.15) is 5.82 Å². The summed E-state index contributed by atoms with van der Waals surface area (Å²) in [5.41, 5.74) is 0.489. The van der Waals surface area contributed by atoms with Crippen molar-refractivity contribution in [3.63, 3.8) is 0 Å². The number of rotatable bonds is 3. The molecule has 2 aliphatic heterocycles. The van der Waals surface area contributed by atoms with Crippen LogP contribution in [0.5, 0.6) is 0 Å². The summed E-state index contributed by atoms with van der Waals surface area (Å²) in [6, 6.07) is 4.52. The van der Waals surface area contributed by atoms with Crippen LogP contribution in [0.25, 0.3) is 0 Å². The van der Waals surface area contributed by atoms with Crippen LogP contribution >= 0.6 is 24.0 Å². The lowest BCUT2D eigenvalue weighted by Crippen LogP contribution is -2.47. The molecule has 0 aromatic heterocycles. The van der Waals surface area contributed by atoms with Crippen molar-refractivity contribution in [1.29, 1.82) is 0 Å². The van der Waals surface area contributed by atoms with Gasteiger partial charge >= 0.3 is 0 Å². The average Bonchev–Trinajstić information content (AvgIpc) is 2.64. The van der Waals surface area contributed by atoms with E-state index in [4.69, 9.17) is 11.6 Å². The number of halogens is 3. The molecule has 0 spiro atoms. The topological polar surface area (TPSA) is 61.4 Å². The minimum absolute atomic E-state index is 0. The third-order valence-corrected chi connectivity index (χ3v) is 5.63. The Balaban J connectivity index is 0.00000261. The van der Waals surface area contributed by atoms with Crippen molar-refractivity contribution in [3.8, 4) is 0 Å². The maximum atomic E-state index is 13.2. The molecule has 150 valence electrons. The van der Waals surface area contributed by atoms with Crippen molar-refractivity contribution in [1.82, 2.24) is 10.2 Å². The fourth-order valence-corrected chi connectivity index (χ4v) is 3.98. The number of anilines is 1. The molecule has 27 heavy (non-hydrogen) atoms. The largest absolute Gasteiger partial charge is 0.342 e. The number of piperidine rings is 2. The maximum Gasteiger partial charge on any atom is 0.227 e. The number of likely N-dealkylation sites (tertiary alicyclic amines) is 1. The lowest BCUT2D eigenvalue weighted by molar-refractivity contribution is -0.139. The second-order valence-electron chi connectivity index (χ2n) is 7.29. The molecule has 0 saturated carbocycles. The van der Waals surface area contributed by atoms with Crippen LogP contribution in [0.15, 0.2) is 18.2 Å². The van der Waals surface area contributed by atoms with Gasteiger partial charge in [-0.25, -0.2) is 4.39 Å². The average molecular weight is 418 g/mol. The van der Waals surface area contributed by atoms with Crippen LogP contribution in [-0.2, 0) is 9.59 Å². The van der Waals surface area contributed by atoms with Crippen LogP contribution in [-0.4, -0.2) is 42.4 Å². The van der Waals surface area contributed by atoms with Crippen molar-refractivity contribution in [2.75, 3.05) is 25.0 Å². The molecule has 2 atom stereocenters. The van der Waals surface area contributed by atoms with Crippen LogP contribution in [0.3, 0.4) is 0 Å². The van der Waals surface area contributed by atoms with E-state index >= 15 is 0 Å². The molecule has 0 radical (unpaired) electrons. The number of hydrogen-bond donors (Lipinski definition) is 2. The number of hydrogen-bond acceptors (Lipinski definition) is 3. The van der Waals surface area contributed by atoms with E-state index in [2.05, 4.69) is 17.6 Å². The third kappa shape index (κ3) is 5.56. The molecule has 0 aliphatic carbocycles. The van der Waals surface area contributed by atoms with Crippen LogP contribution in [0, 0.1) is 17.7 Å². The first-order valence-electron chi connectivity index (χ1n) is 9.22. The standard InChI is InChI=1S/C19H25ClFN3O2.ClH/c1-12-10-14(4-7-22-12)19(26)24-8-5-13(6-9-24)18(25)23-15-2-3-17(21)16(20)11-15;/h2-3,11-14,22H,4-10H2,1H3,(H,23,25);1H/t12-,14-;/m0./s1. The van der Waals surface area contributed by atoms with Gasteiger partial charge in [-0.15, -0.1) is 12.4 Å². The molecule has 5 nitrogen and oxygen atoms in total. The molecule has 3 rings (SSSR count).